The van der Waals surface area contributed by atoms with Gasteiger partial charge in [0.2, 0.25) is 0 Å². The topological polar surface area (TPSA) is 52.3 Å². The Morgan fingerprint density at radius 2 is 2.06 bits per heavy atom. The number of aryl methyl sites for hydroxylation is 1. The maximum absolute atomic E-state index is 9.57. The molecule has 2 rings (SSSR count). The van der Waals surface area contributed by atoms with Gasteiger partial charge in [-0.15, -0.1) is 0 Å². The molecule has 0 amide bonds. The molecule has 1 aromatic heterocycles. The van der Waals surface area contributed by atoms with Gasteiger partial charge in [0.25, 0.3) is 0 Å². The summed E-state index contributed by atoms with van der Waals surface area (Å²) < 4.78 is 0. The number of allylic oxidation sites excluding steroid dienone is 11. The molecule has 0 atom stereocenters. The molecular formula is C27H30N4. The SMILES string of the molecule is C=CC=N/C(C#N)=C(C)/C(C=C)=C/C1=C(N(C)C(/C=C\C)=C/C)CCc2cccnc21. The number of nitriles is 1. The first kappa shape index (κ1) is 23.6. The van der Waals surface area contributed by atoms with Gasteiger partial charge in [0.15, 0.2) is 0 Å². The van der Waals surface area contributed by atoms with Crippen LogP contribution in [0.4, 0.5) is 0 Å². The maximum Gasteiger partial charge on any atom is 0.143 e. The Hall–Kier alpha value is -3.71. The van der Waals surface area contributed by atoms with E-state index in [2.05, 4.69) is 60.5 Å². The van der Waals surface area contributed by atoms with Crippen molar-refractivity contribution in [1.29, 1.82) is 5.26 Å². The van der Waals surface area contributed by atoms with E-state index in [1.165, 1.54) is 17.5 Å². The number of likely N-dealkylation sites (N-methyl/N-ethyl adjacent to an activating group) is 1. The summed E-state index contributed by atoms with van der Waals surface area (Å²) in [5.74, 6) is 0. The largest absolute Gasteiger partial charge is 0.348 e. The van der Waals surface area contributed by atoms with Crippen LogP contribution < -0.4 is 0 Å². The Morgan fingerprint density at radius 3 is 2.68 bits per heavy atom. The van der Waals surface area contributed by atoms with Crippen molar-refractivity contribution in [2.45, 2.75) is 33.6 Å². The highest BCUT2D eigenvalue weighted by Gasteiger charge is 2.22. The fourth-order valence-electron chi connectivity index (χ4n) is 3.58. The third kappa shape index (κ3) is 5.46. The van der Waals surface area contributed by atoms with Gasteiger partial charge >= 0.3 is 0 Å². The van der Waals surface area contributed by atoms with Crippen LogP contribution in [0.15, 0.2) is 101 Å². The lowest BCUT2D eigenvalue weighted by atomic mass is 9.89. The van der Waals surface area contributed by atoms with Crippen LogP contribution in [0.5, 0.6) is 0 Å². The molecule has 0 saturated heterocycles. The summed E-state index contributed by atoms with van der Waals surface area (Å²) in [4.78, 5) is 11.1. The van der Waals surface area contributed by atoms with Crippen LogP contribution >= 0.6 is 0 Å². The number of nitrogens with zero attached hydrogens (tertiary/aromatic N) is 4. The number of fused-ring (bicyclic) bond motifs is 1. The number of aromatic nitrogens is 1. The molecule has 158 valence electrons. The first-order chi connectivity index (χ1) is 15.0. The standard InChI is InChI=1S/C27H30N4/c1-7-12-23(10-4)31(6)26-15-14-22-13-11-17-30-27(22)24(26)18-21(9-3)20(5)25(19-28)29-16-8-2/h7-13,16-18H,2-3,14-15H2,1,4-6H3/b12-7-,21-18+,23-10+,25-20+,29-16?. The van der Waals surface area contributed by atoms with E-state index in [0.29, 0.717) is 5.70 Å². The van der Waals surface area contributed by atoms with Crippen LogP contribution in [-0.2, 0) is 6.42 Å². The third-order valence-electron chi connectivity index (χ3n) is 5.24. The van der Waals surface area contributed by atoms with Crippen LogP contribution in [0, 0.1) is 11.3 Å². The average molecular weight is 411 g/mol. The summed E-state index contributed by atoms with van der Waals surface area (Å²) in [7, 11) is 2.08. The first-order valence-corrected chi connectivity index (χ1v) is 10.3. The molecule has 1 aromatic rings. The van der Waals surface area contributed by atoms with E-state index in [0.717, 1.165) is 41.0 Å². The molecule has 31 heavy (non-hydrogen) atoms. The summed E-state index contributed by atoms with van der Waals surface area (Å²) in [5, 5.41) is 9.57. The summed E-state index contributed by atoms with van der Waals surface area (Å²) in [6.45, 7) is 13.6. The van der Waals surface area contributed by atoms with Gasteiger partial charge in [0.1, 0.15) is 11.8 Å². The maximum atomic E-state index is 9.57. The van der Waals surface area contributed by atoms with Crippen molar-refractivity contribution in [2.24, 2.45) is 4.99 Å². The molecule has 1 heterocycles. The van der Waals surface area contributed by atoms with Crippen LogP contribution in [0.1, 0.15) is 38.4 Å². The van der Waals surface area contributed by atoms with Gasteiger partial charge in [0, 0.05) is 36.4 Å². The van der Waals surface area contributed by atoms with Gasteiger partial charge in [-0.05, 0) is 68.5 Å². The minimum atomic E-state index is 0.335. The van der Waals surface area contributed by atoms with Crippen molar-refractivity contribution in [2.75, 3.05) is 7.05 Å². The number of hydrogen-bond acceptors (Lipinski definition) is 4. The lowest BCUT2D eigenvalue weighted by molar-refractivity contribution is 0.506. The number of hydrogen-bond donors (Lipinski definition) is 0. The van der Waals surface area contributed by atoms with E-state index in [1.54, 1.807) is 12.2 Å². The van der Waals surface area contributed by atoms with Crippen molar-refractivity contribution >= 4 is 11.8 Å². The molecule has 0 aliphatic heterocycles. The molecule has 0 bridgehead atoms. The second kappa shape index (κ2) is 11.5. The molecule has 0 fully saturated rings. The zero-order valence-electron chi connectivity index (χ0n) is 18.9. The van der Waals surface area contributed by atoms with E-state index < -0.39 is 0 Å². The Kier molecular flexibility index (Phi) is 8.72. The smallest absolute Gasteiger partial charge is 0.143 e. The molecule has 0 radical (unpaired) electrons. The highest BCUT2D eigenvalue weighted by atomic mass is 15.1. The number of pyridine rings is 1. The number of aliphatic imine (C=N–C) groups is 1. The van der Waals surface area contributed by atoms with Crippen LogP contribution in [0.3, 0.4) is 0 Å². The zero-order chi connectivity index (χ0) is 22.8. The Balaban J connectivity index is 2.77. The van der Waals surface area contributed by atoms with Gasteiger partial charge in [-0.25, -0.2) is 4.99 Å². The quantitative estimate of drug-likeness (QED) is 0.286. The van der Waals surface area contributed by atoms with E-state index in [1.807, 2.05) is 39.1 Å². The first-order valence-electron chi connectivity index (χ1n) is 10.3. The van der Waals surface area contributed by atoms with E-state index in [9.17, 15) is 5.26 Å². The van der Waals surface area contributed by atoms with Gasteiger partial charge in [-0.2, -0.15) is 5.26 Å². The molecule has 1 aliphatic rings. The molecule has 4 heteroatoms. The second-order valence-electron chi connectivity index (χ2n) is 7.05. The average Bonchev–Trinajstić information content (AvgIpc) is 2.80. The summed E-state index contributed by atoms with van der Waals surface area (Å²) in [6, 6.07) is 6.27. The molecule has 0 saturated carbocycles. The number of rotatable bonds is 8. The minimum Gasteiger partial charge on any atom is -0.348 e. The van der Waals surface area contributed by atoms with Crippen molar-refractivity contribution < 1.29 is 0 Å². The molecular weight excluding hydrogens is 380 g/mol. The second-order valence-corrected chi connectivity index (χ2v) is 7.05. The van der Waals surface area contributed by atoms with E-state index in [4.69, 9.17) is 4.98 Å². The van der Waals surface area contributed by atoms with E-state index in [-0.39, 0.29) is 0 Å². The molecule has 0 N–H and O–H groups in total. The molecule has 4 nitrogen and oxygen atoms in total. The van der Waals surface area contributed by atoms with Gasteiger partial charge in [-0.3, -0.25) is 4.98 Å². The Morgan fingerprint density at radius 1 is 1.29 bits per heavy atom. The summed E-state index contributed by atoms with van der Waals surface area (Å²) in [6.07, 6.45) is 16.8. The van der Waals surface area contributed by atoms with Crippen LogP contribution in [0.25, 0.3) is 5.57 Å². The van der Waals surface area contributed by atoms with Crippen molar-refractivity contribution in [3.63, 3.8) is 0 Å². The van der Waals surface area contributed by atoms with Gasteiger partial charge < -0.3 is 4.90 Å². The van der Waals surface area contributed by atoms with Gasteiger partial charge in [-0.1, -0.05) is 43.5 Å². The predicted molar refractivity (Wildman–Crippen MR) is 131 cm³/mol. The van der Waals surface area contributed by atoms with Crippen LogP contribution in [-0.4, -0.2) is 23.1 Å². The fourth-order valence-corrected chi connectivity index (χ4v) is 3.58. The Labute approximate surface area is 186 Å². The highest BCUT2D eigenvalue weighted by Crippen LogP contribution is 2.35. The van der Waals surface area contributed by atoms with Crippen LogP contribution in [0.2, 0.25) is 0 Å². The summed E-state index contributed by atoms with van der Waals surface area (Å²) >= 11 is 0. The fraction of sp³-hybridized carbons (Fsp3) is 0.222. The Bertz CT molecular complexity index is 1070. The normalized spacial score (nSPS) is 15.6. The van der Waals surface area contributed by atoms with E-state index >= 15 is 0 Å². The van der Waals surface area contributed by atoms with Crippen molar-refractivity contribution in [3.8, 4) is 6.07 Å². The minimum absolute atomic E-state index is 0.335. The van der Waals surface area contributed by atoms with Crippen molar-refractivity contribution in [3.05, 3.63) is 107 Å². The lowest BCUT2D eigenvalue weighted by Crippen LogP contribution is -2.21. The zero-order valence-corrected chi connectivity index (χ0v) is 18.9. The molecule has 0 spiro atoms. The molecule has 0 aromatic carbocycles. The van der Waals surface area contributed by atoms with Crippen molar-refractivity contribution in [1.82, 2.24) is 9.88 Å². The highest BCUT2D eigenvalue weighted by molar-refractivity contribution is 5.80. The molecule has 0 unspecified atom stereocenters. The van der Waals surface area contributed by atoms with Gasteiger partial charge in [0.05, 0.1) is 5.69 Å². The third-order valence-corrected chi connectivity index (χ3v) is 5.24. The lowest BCUT2D eigenvalue weighted by Gasteiger charge is -2.30. The monoisotopic (exact) mass is 410 g/mol. The predicted octanol–water partition coefficient (Wildman–Crippen LogP) is 6.32. The molecule has 1 aliphatic carbocycles. The summed E-state index contributed by atoms with van der Waals surface area (Å²) in [5.41, 5.74) is 7.44.